The smallest absolute Gasteiger partial charge is 0.232 e. The molecular formula is C12H19N3O2S. The van der Waals surface area contributed by atoms with Crippen LogP contribution in [0.5, 0.6) is 0 Å². The van der Waals surface area contributed by atoms with Gasteiger partial charge in [-0.15, -0.1) is 0 Å². The van der Waals surface area contributed by atoms with Gasteiger partial charge in [0.15, 0.2) is 0 Å². The van der Waals surface area contributed by atoms with Gasteiger partial charge < -0.3 is 16.0 Å². The molecule has 0 aromatic heterocycles. The van der Waals surface area contributed by atoms with Crippen LogP contribution in [0.4, 0.5) is 0 Å². The van der Waals surface area contributed by atoms with E-state index in [0.29, 0.717) is 19.5 Å². The van der Waals surface area contributed by atoms with Gasteiger partial charge in [0.25, 0.3) is 0 Å². The van der Waals surface area contributed by atoms with Crippen LogP contribution in [0, 0.1) is 11.8 Å². The van der Waals surface area contributed by atoms with Crippen LogP contribution in [0.1, 0.15) is 26.2 Å². The van der Waals surface area contributed by atoms with Gasteiger partial charge in [-0.3, -0.25) is 9.59 Å². The number of thiocarbonyl (C=S) groups is 1. The van der Waals surface area contributed by atoms with Crippen LogP contribution in [0.3, 0.4) is 0 Å². The van der Waals surface area contributed by atoms with Crippen LogP contribution in [0.15, 0.2) is 0 Å². The topological polar surface area (TPSA) is 75.4 Å². The Balaban J connectivity index is 2.14. The first-order valence-electron chi connectivity index (χ1n) is 6.43. The number of nitrogens with zero attached hydrogens (tertiary/aromatic N) is 1. The second kappa shape index (κ2) is 5.22. The highest BCUT2D eigenvalue weighted by Gasteiger charge is 2.43. The molecular weight excluding hydrogens is 250 g/mol. The molecule has 0 aromatic rings. The second-order valence-corrected chi connectivity index (χ2v) is 5.43. The maximum Gasteiger partial charge on any atom is 0.232 e. The van der Waals surface area contributed by atoms with Crippen molar-refractivity contribution in [3.63, 3.8) is 0 Å². The van der Waals surface area contributed by atoms with Crippen molar-refractivity contribution in [2.45, 2.75) is 32.2 Å². The van der Waals surface area contributed by atoms with Crippen LogP contribution in [-0.2, 0) is 9.59 Å². The van der Waals surface area contributed by atoms with Crippen LogP contribution >= 0.6 is 12.2 Å². The lowest BCUT2D eigenvalue weighted by atomic mass is 9.90. The average Bonchev–Trinajstić information content (AvgIpc) is 2.71. The van der Waals surface area contributed by atoms with E-state index in [4.69, 9.17) is 18.0 Å². The maximum absolute atomic E-state index is 12.4. The lowest BCUT2D eigenvalue weighted by Gasteiger charge is -2.37. The van der Waals surface area contributed by atoms with E-state index in [-0.39, 0.29) is 28.8 Å². The van der Waals surface area contributed by atoms with Gasteiger partial charge in [-0.05, 0) is 19.3 Å². The van der Waals surface area contributed by atoms with Crippen molar-refractivity contribution in [1.29, 1.82) is 0 Å². The van der Waals surface area contributed by atoms with Crippen molar-refractivity contribution in [2.24, 2.45) is 17.6 Å². The molecule has 6 heteroatoms. The van der Waals surface area contributed by atoms with Crippen LogP contribution < -0.4 is 11.1 Å². The SMILES string of the molecule is CCC(C(=O)N1CCCC2C(=O)NCC21)C(N)=S. The molecule has 2 amide bonds. The first-order valence-corrected chi connectivity index (χ1v) is 6.84. The highest BCUT2D eigenvalue weighted by Crippen LogP contribution is 2.28. The van der Waals surface area contributed by atoms with Gasteiger partial charge in [0, 0.05) is 13.1 Å². The van der Waals surface area contributed by atoms with Crippen LogP contribution in [-0.4, -0.2) is 40.8 Å². The minimum absolute atomic E-state index is 0.0119. The molecule has 100 valence electrons. The van der Waals surface area contributed by atoms with Gasteiger partial charge in [0.05, 0.1) is 22.9 Å². The summed E-state index contributed by atoms with van der Waals surface area (Å²) in [5, 5.41) is 2.84. The van der Waals surface area contributed by atoms with E-state index < -0.39 is 5.92 Å². The van der Waals surface area contributed by atoms with Crippen molar-refractivity contribution < 1.29 is 9.59 Å². The Morgan fingerprint density at radius 1 is 1.67 bits per heavy atom. The summed E-state index contributed by atoms with van der Waals surface area (Å²) in [5.74, 6) is -0.391. The number of carbonyl (C=O) groups excluding carboxylic acids is 2. The lowest BCUT2D eigenvalue weighted by molar-refractivity contribution is -0.138. The first-order chi connectivity index (χ1) is 8.56. The summed E-state index contributed by atoms with van der Waals surface area (Å²) in [6.45, 7) is 3.16. The van der Waals surface area contributed by atoms with E-state index in [2.05, 4.69) is 5.32 Å². The fourth-order valence-electron chi connectivity index (χ4n) is 2.92. The quantitative estimate of drug-likeness (QED) is 0.709. The van der Waals surface area contributed by atoms with Gasteiger partial charge in [0.1, 0.15) is 0 Å². The molecule has 18 heavy (non-hydrogen) atoms. The molecule has 3 unspecified atom stereocenters. The van der Waals surface area contributed by atoms with Crippen molar-refractivity contribution in [3.05, 3.63) is 0 Å². The third-order valence-electron chi connectivity index (χ3n) is 3.93. The molecule has 0 aromatic carbocycles. The molecule has 2 aliphatic rings. The standard InChI is InChI=1S/C12H19N3O2S/c1-2-7(10(13)18)12(17)15-5-3-4-8-9(15)6-14-11(8)16/h7-9H,2-6H2,1H3,(H2,13,18)(H,14,16). The Morgan fingerprint density at radius 2 is 2.39 bits per heavy atom. The number of hydrogen-bond acceptors (Lipinski definition) is 3. The molecule has 2 fully saturated rings. The van der Waals surface area contributed by atoms with Gasteiger partial charge in [-0.25, -0.2) is 0 Å². The summed E-state index contributed by atoms with van der Waals surface area (Å²) in [4.78, 5) is 26.1. The Hall–Kier alpha value is -1.17. The Morgan fingerprint density at radius 3 is 3.00 bits per heavy atom. The van der Waals surface area contributed by atoms with Gasteiger partial charge in [-0.1, -0.05) is 19.1 Å². The second-order valence-electron chi connectivity index (χ2n) is 4.96. The fraction of sp³-hybridized carbons (Fsp3) is 0.750. The number of rotatable bonds is 3. The Bertz CT molecular complexity index is 386. The van der Waals surface area contributed by atoms with Gasteiger partial charge in [-0.2, -0.15) is 0 Å². The zero-order valence-corrected chi connectivity index (χ0v) is 11.3. The summed E-state index contributed by atoms with van der Waals surface area (Å²) in [5.41, 5.74) is 5.62. The van der Waals surface area contributed by atoms with Crippen molar-refractivity contribution in [1.82, 2.24) is 10.2 Å². The van der Waals surface area contributed by atoms with Crippen molar-refractivity contribution in [2.75, 3.05) is 13.1 Å². The van der Waals surface area contributed by atoms with Crippen LogP contribution in [0.25, 0.3) is 0 Å². The third-order valence-corrected chi connectivity index (χ3v) is 4.22. The average molecular weight is 269 g/mol. The highest BCUT2D eigenvalue weighted by atomic mass is 32.1. The molecule has 0 spiro atoms. The van der Waals surface area contributed by atoms with E-state index in [1.54, 1.807) is 4.90 Å². The zero-order chi connectivity index (χ0) is 13.3. The summed E-state index contributed by atoms with van der Waals surface area (Å²) < 4.78 is 0. The normalized spacial score (nSPS) is 28.5. The summed E-state index contributed by atoms with van der Waals surface area (Å²) >= 11 is 4.95. The van der Waals surface area contributed by atoms with Crippen molar-refractivity contribution >= 4 is 29.0 Å². The van der Waals surface area contributed by atoms with Gasteiger partial charge >= 0.3 is 0 Å². The van der Waals surface area contributed by atoms with E-state index in [1.807, 2.05) is 6.92 Å². The number of nitrogens with two attached hydrogens (primary N) is 1. The zero-order valence-electron chi connectivity index (χ0n) is 10.5. The number of fused-ring (bicyclic) bond motifs is 1. The highest BCUT2D eigenvalue weighted by molar-refractivity contribution is 7.80. The predicted octanol–water partition coefficient (Wildman–Crippen LogP) is 0.0357. The number of amides is 2. The number of carbonyl (C=O) groups is 2. The Kier molecular flexibility index (Phi) is 3.85. The molecule has 5 nitrogen and oxygen atoms in total. The molecule has 0 aliphatic carbocycles. The van der Waals surface area contributed by atoms with E-state index in [0.717, 1.165) is 12.8 Å². The molecule has 0 bridgehead atoms. The maximum atomic E-state index is 12.4. The molecule has 3 N–H and O–H groups in total. The molecule has 3 atom stereocenters. The molecule has 2 heterocycles. The summed E-state index contributed by atoms with van der Waals surface area (Å²) in [6, 6.07) is -0.0119. The van der Waals surface area contributed by atoms with E-state index in [9.17, 15) is 9.59 Å². The summed E-state index contributed by atoms with van der Waals surface area (Å²) in [7, 11) is 0. The minimum Gasteiger partial charge on any atom is -0.393 e. The van der Waals surface area contributed by atoms with E-state index >= 15 is 0 Å². The summed E-state index contributed by atoms with van der Waals surface area (Å²) in [6.07, 6.45) is 2.35. The number of likely N-dealkylation sites (tertiary alicyclic amines) is 1. The monoisotopic (exact) mass is 269 g/mol. The number of piperidine rings is 1. The number of hydrogen-bond donors (Lipinski definition) is 2. The van der Waals surface area contributed by atoms with Crippen molar-refractivity contribution in [3.8, 4) is 0 Å². The first kappa shape index (κ1) is 13.3. The number of nitrogens with one attached hydrogen (secondary N) is 1. The molecule has 0 saturated carbocycles. The predicted molar refractivity (Wildman–Crippen MR) is 71.8 cm³/mol. The van der Waals surface area contributed by atoms with Gasteiger partial charge in [0.2, 0.25) is 11.8 Å². The third kappa shape index (κ3) is 2.21. The largest absolute Gasteiger partial charge is 0.393 e. The lowest BCUT2D eigenvalue weighted by Crippen LogP contribution is -2.52. The van der Waals surface area contributed by atoms with E-state index in [1.165, 1.54) is 0 Å². The Labute approximate surface area is 112 Å². The molecule has 2 saturated heterocycles. The fourth-order valence-corrected chi connectivity index (χ4v) is 3.19. The minimum atomic E-state index is -0.394. The van der Waals surface area contributed by atoms with Crippen LogP contribution in [0.2, 0.25) is 0 Å². The molecule has 2 rings (SSSR count). The molecule has 0 radical (unpaired) electrons. The molecule has 2 aliphatic heterocycles.